The molecule has 7 nitrogen and oxygen atoms in total. The van der Waals surface area contributed by atoms with E-state index in [0.717, 1.165) is 26.1 Å². The fraction of sp³-hybridized carbons (Fsp3) is 0.0909. The van der Waals surface area contributed by atoms with Gasteiger partial charge in [-0.15, -0.1) is 15.3 Å². The fourth-order valence-electron chi connectivity index (χ4n) is 1.80. The molecule has 0 N–H and O–H groups in total. The van der Waals surface area contributed by atoms with E-state index in [9.17, 15) is 0 Å². The molecule has 0 radical (unpaired) electrons. The Morgan fingerprint density at radius 3 is 2.90 bits per heavy atom. The van der Waals surface area contributed by atoms with E-state index in [1.54, 1.807) is 16.9 Å². The third-order valence-electron chi connectivity index (χ3n) is 2.75. The average Bonchev–Trinajstić information content (AvgIpc) is 3.15. The van der Waals surface area contributed by atoms with Crippen molar-refractivity contribution in [2.24, 2.45) is 0 Å². The number of fused-ring (bicyclic) bond motifs is 1. The minimum atomic E-state index is 0.680. The van der Waals surface area contributed by atoms with Gasteiger partial charge in [0.2, 0.25) is 4.96 Å². The quantitative estimate of drug-likeness (QED) is 0.564. The van der Waals surface area contributed by atoms with Crippen molar-refractivity contribution >= 4 is 27.8 Å². The van der Waals surface area contributed by atoms with Crippen LogP contribution in [0.5, 0.6) is 0 Å². The zero-order valence-corrected chi connectivity index (χ0v) is 11.9. The first-order valence-electron chi connectivity index (χ1n) is 5.75. The van der Waals surface area contributed by atoms with E-state index >= 15 is 0 Å². The highest BCUT2D eigenvalue weighted by Crippen LogP contribution is 2.29. The lowest BCUT2D eigenvalue weighted by Gasteiger charge is -1.93. The molecule has 4 aromatic rings. The molecule has 0 amide bonds. The van der Waals surface area contributed by atoms with Crippen LogP contribution in [0.3, 0.4) is 0 Å². The van der Waals surface area contributed by atoms with Crippen LogP contribution in [0.2, 0.25) is 0 Å². The fourth-order valence-corrected chi connectivity index (χ4v) is 3.26. The van der Waals surface area contributed by atoms with Crippen LogP contribution in [0.25, 0.3) is 26.2 Å². The van der Waals surface area contributed by atoms with Crippen molar-refractivity contribution in [3.63, 3.8) is 0 Å². The normalized spacial score (nSPS) is 11.2. The second kappa shape index (κ2) is 4.39. The van der Waals surface area contributed by atoms with Gasteiger partial charge in [0.25, 0.3) is 0 Å². The van der Waals surface area contributed by atoms with Crippen molar-refractivity contribution in [1.29, 1.82) is 0 Å². The molecule has 0 fully saturated rings. The first kappa shape index (κ1) is 11.6. The lowest BCUT2D eigenvalue weighted by Crippen LogP contribution is -1.90. The van der Waals surface area contributed by atoms with Gasteiger partial charge in [-0.25, -0.2) is 0 Å². The molecule has 0 unspecified atom stereocenters. The lowest BCUT2D eigenvalue weighted by molar-refractivity contribution is 0.968. The number of nitrogens with zero attached hydrogens (tertiary/aromatic N) is 7. The minimum Gasteiger partial charge on any atom is -0.264 e. The van der Waals surface area contributed by atoms with Crippen LogP contribution < -0.4 is 0 Å². The molecule has 4 heterocycles. The maximum atomic E-state index is 4.56. The third kappa shape index (κ3) is 1.71. The molecule has 4 aromatic heterocycles. The van der Waals surface area contributed by atoms with E-state index in [-0.39, 0.29) is 0 Å². The van der Waals surface area contributed by atoms with E-state index in [0.29, 0.717) is 5.82 Å². The summed E-state index contributed by atoms with van der Waals surface area (Å²) in [4.78, 5) is 5.74. The average molecular weight is 301 g/mol. The Bertz CT molecular complexity index is 877. The van der Waals surface area contributed by atoms with Crippen LogP contribution in [-0.4, -0.2) is 34.4 Å². The first-order chi connectivity index (χ1) is 9.83. The molecule has 4 rings (SSSR count). The summed E-state index contributed by atoms with van der Waals surface area (Å²) < 4.78 is 5.66. The molecule has 0 saturated heterocycles. The van der Waals surface area contributed by atoms with Crippen molar-refractivity contribution in [1.82, 2.24) is 34.4 Å². The van der Waals surface area contributed by atoms with Crippen molar-refractivity contribution in [3.8, 4) is 21.3 Å². The molecular formula is C11H7N7S2. The van der Waals surface area contributed by atoms with Gasteiger partial charge < -0.3 is 0 Å². The SMILES string of the molecule is Cc1nnsc1-c1nnc2sc(-c3cccnc3)nn12. The molecule has 98 valence electrons. The van der Waals surface area contributed by atoms with Crippen LogP contribution in [-0.2, 0) is 0 Å². The highest BCUT2D eigenvalue weighted by molar-refractivity contribution is 7.19. The highest BCUT2D eigenvalue weighted by Gasteiger charge is 2.18. The Balaban J connectivity index is 1.90. The molecular weight excluding hydrogens is 294 g/mol. The van der Waals surface area contributed by atoms with Crippen LogP contribution >= 0.6 is 22.9 Å². The van der Waals surface area contributed by atoms with Gasteiger partial charge in [-0.2, -0.15) is 9.61 Å². The smallest absolute Gasteiger partial charge is 0.235 e. The summed E-state index contributed by atoms with van der Waals surface area (Å²) >= 11 is 2.77. The van der Waals surface area contributed by atoms with E-state index in [1.165, 1.54) is 22.9 Å². The van der Waals surface area contributed by atoms with Crippen LogP contribution in [0.15, 0.2) is 24.5 Å². The van der Waals surface area contributed by atoms with Gasteiger partial charge >= 0.3 is 0 Å². The molecule has 0 aromatic carbocycles. The van der Waals surface area contributed by atoms with Crippen LogP contribution in [0, 0.1) is 6.92 Å². The van der Waals surface area contributed by atoms with Crippen molar-refractivity contribution < 1.29 is 0 Å². The Morgan fingerprint density at radius 2 is 2.15 bits per heavy atom. The van der Waals surface area contributed by atoms with Gasteiger partial charge in [0.05, 0.1) is 5.69 Å². The topological polar surface area (TPSA) is 81.8 Å². The standard InChI is InChI=1S/C11H7N7S2/c1-6-8(20-17-13-6)9-14-15-11-18(9)16-10(19-11)7-3-2-4-12-5-7/h2-5H,1H3. The summed E-state index contributed by atoms with van der Waals surface area (Å²) in [6.45, 7) is 1.90. The summed E-state index contributed by atoms with van der Waals surface area (Å²) in [7, 11) is 0. The molecule has 9 heteroatoms. The number of rotatable bonds is 2. The summed E-state index contributed by atoms with van der Waals surface area (Å²) in [6, 6.07) is 3.85. The zero-order valence-electron chi connectivity index (χ0n) is 10.3. The number of aryl methyl sites for hydroxylation is 1. The molecule has 0 aliphatic carbocycles. The molecule has 0 spiro atoms. The van der Waals surface area contributed by atoms with E-state index in [1.807, 2.05) is 19.1 Å². The lowest BCUT2D eigenvalue weighted by atomic mass is 10.3. The Labute approximate surface area is 121 Å². The number of hydrogen-bond donors (Lipinski definition) is 0. The largest absolute Gasteiger partial charge is 0.264 e. The third-order valence-corrected chi connectivity index (χ3v) is 4.53. The van der Waals surface area contributed by atoms with Gasteiger partial charge in [0.15, 0.2) is 5.82 Å². The first-order valence-corrected chi connectivity index (χ1v) is 7.34. The van der Waals surface area contributed by atoms with Gasteiger partial charge in [0, 0.05) is 18.0 Å². The molecule has 0 atom stereocenters. The van der Waals surface area contributed by atoms with Gasteiger partial charge in [-0.3, -0.25) is 4.98 Å². The number of hydrogen-bond acceptors (Lipinski definition) is 8. The summed E-state index contributed by atoms with van der Waals surface area (Å²) in [5.41, 5.74) is 1.80. The van der Waals surface area contributed by atoms with Crippen LogP contribution in [0.1, 0.15) is 5.69 Å². The highest BCUT2D eigenvalue weighted by atomic mass is 32.1. The van der Waals surface area contributed by atoms with E-state index in [4.69, 9.17) is 0 Å². The summed E-state index contributed by atoms with van der Waals surface area (Å²) in [6.07, 6.45) is 3.52. The van der Waals surface area contributed by atoms with Crippen molar-refractivity contribution in [2.75, 3.05) is 0 Å². The molecule has 0 saturated carbocycles. The van der Waals surface area contributed by atoms with Crippen molar-refractivity contribution in [2.45, 2.75) is 6.92 Å². The molecule has 20 heavy (non-hydrogen) atoms. The monoisotopic (exact) mass is 301 g/mol. The Hall–Kier alpha value is -2.26. The van der Waals surface area contributed by atoms with E-state index in [2.05, 4.69) is 29.9 Å². The predicted molar refractivity (Wildman–Crippen MR) is 75.5 cm³/mol. The summed E-state index contributed by atoms with van der Waals surface area (Å²) in [5, 5.41) is 17.7. The Kier molecular flexibility index (Phi) is 2.54. The van der Waals surface area contributed by atoms with Crippen molar-refractivity contribution in [3.05, 3.63) is 30.2 Å². The second-order valence-electron chi connectivity index (χ2n) is 4.05. The van der Waals surface area contributed by atoms with Gasteiger partial charge in [-0.05, 0) is 30.6 Å². The number of aromatic nitrogens is 7. The van der Waals surface area contributed by atoms with Gasteiger partial charge in [0.1, 0.15) is 9.88 Å². The molecule has 0 bridgehead atoms. The van der Waals surface area contributed by atoms with Gasteiger partial charge in [-0.1, -0.05) is 15.8 Å². The summed E-state index contributed by atoms with van der Waals surface area (Å²) in [5.74, 6) is 0.680. The molecule has 0 aliphatic rings. The van der Waals surface area contributed by atoms with Crippen LogP contribution in [0.4, 0.5) is 0 Å². The number of pyridine rings is 1. The van der Waals surface area contributed by atoms with E-state index < -0.39 is 0 Å². The maximum Gasteiger partial charge on any atom is 0.235 e. The second-order valence-corrected chi connectivity index (χ2v) is 5.76. The molecule has 0 aliphatic heterocycles. The zero-order chi connectivity index (χ0) is 13.5. The predicted octanol–water partition coefficient (Wildman–Crippen LogP) is 2.07. The minimum absolute atomic E-state index is 0.680. The maximum absolute atomic E-state index is 4.56. The Morgan fingerprint density at radius 1 is 1.20 bits per heavy atom.